The number of halogens is 1. The van der Waals surface area contributed by atoms with E-state index in [4.69, 9.17) is 11.6 Å². The van der Waals surface area contributed by atoms with Crippen LogP contribution in [-0.2, 0) is 0 Å². The van der Waals surface area contributed by atoms with Gasteiger partial charge in [0.15, 0.2) is 5.82 Å². The Kier molecular flexibility index (Phi) is 3.32. The SMILES string of the molecule is Cc1nc(-c2ccc3nccnc3c2)ncc1C(C)Cl. The third-order valence-corrected chi connectivity index (χ3v) is 3.41. The van der Waals surface area contributed by atoms with Crippen LogP contribution in [0.25, 0.3) is 22.4 Å². The van der Waals surface area contributed by atoms with E-state index in [1.165, 1.54) is 0 Å². The van der Waals surface area contributed by atoms with Crippen LogP contribution in [0.1, 0.15) is 23.6 Å². The maximum absolute atomic E-state index is 6.09. The monoisotopic (exact) mass is 284 g/mol. The molecule has 3 aromatic rings. The lowest BCUT2D eigenvalue weighted by Gasteiger charge is -2.08. The van der Waals surface area contributed by atoms with Crippen LogP contribution < -0.4 is 0 Å². The molecule has 0 N–H and O–H groups in total. The van der Waals surface area contributed by atoms with Gasteiger partial charge in [0.05, 0.1) is 16.4 Å². The topological polar surface area (TPSA) is 51.6 Å². The molecule has 2 heterocycles. The molecule has 0 aliphatic heterocycles. The lowest BCUT2D eigenvalue weighted by atomic mass is 10.1. The second-order valence-corrected chi connectivity index (χ2v) is 5.26. The molecule has 0 aliphatic rings. The molecule has 0 saturated heterocycles. The van der Waals surface area contributed by atoms with Gasteiger partial charge in [0.25, 0.3) is 0 Å². The third kappa shape index (κ3) is 2.34. The molecule has 100 valence electrons. The van der Waals surface area contributed by atoms with E-state index in [0.717, 1.165) is 27.9 Å². The number of nitrogens with zero attached hydrogens (tertiary/aromatic N) is 4. The van der Waals surface area contributed by atoms with Crippen molar-refractivity contribution in [2.24, 2.45) is 0 Å². The first-order chi connectivity index (χ1) is 9.65. The molecule has 3 rings (SSSR count). The lowest BCUT2D eigenvalue weighted by molar-refractivity contribution is 0.976. The van der Waals surface area contributed by atoms with Crippen LogP contribution in [0, 0.1) is 6.92 Å². The summed E-state index contributed by atoms with van der Waals surface area (Å²) in [4.78, 5) is 17.5. The van der Waals surface area contributed by atoms with E-state index in [2.05, 4.69) is 19.9 Å². The fourth-order valence-corrected chi connectivity index (χ4v) is 2.32. The van der Waals surface area contributed by atoms with E-state index in [0.29, 0.717) is 5.82 Å². The van der Waals surface area contributed by atoms with Crippen molar-refractivity contribution in [3.05, 3.63) is 48.0 Å². The zero-order chi connectivity index (χ0) is 14.1. The van der Waals surface area contributed by atoms with Crippen molar-refractivity contribution < 1.29 is 0 Å². The van der Waals surface area contributed by atoms with E-state index in [1.807, 2.05) is 32.0 Å². The predicted molar refractivity (Wildman–Crippen MR) is 79.6 cm³/mol. The quantitative estimate of drug-likeness (QED) is 0.673. The molecule has 4 nitrogen and oxygen atoms in total. The zero-order valence-electron chi connectivity index (χ0n) is 11.2. The summed E-state index contributed by atoms with van der Waals surface area (Å²) in [6.07, 6.45) is 5.14. The summed E-state index contributed by atoms with van der Waals surface area (Å²) in [5, 5.41) is -0.0912. The highest BCUT2D eigenvalue weighted by Gasteiger charge is 2.10. The van der Waals surface area contributed by atoms with Crippen molar-refractivity contribution in [2.75, 3.05) is 0 Å². The van der Waals surface area contributed by atoms with Crippen molar-refractivity contribution in [2.45, 2.75) is 19.2 Å². The first-order valence-electron chi connectivity index (χ1n) is 6.34. The highest BCUT2D eigenvalue weighted by Crippen LogP contribution is 2.24. The van der Waals surface area contributed by atoms with Crippen LogP contribution in [0.15, 0.2) is 36.8 Å². The van der Waals surface area contributed by atoms with Gasteiger partial charge in [0, 0.05) is 35.4 Å². The van der Waals surface area contributed by atoms with Crippen LogP contribution in [0.2, 0.25) is 0 Å². The number of aromatic nitrogens is 4. The van der Waals surface area contributed by atoms with Gasteiger partial charge >= 0.3 is 0 Å². The van der Waals surface area contributed by atoms with Gasteiger partial charge in [-0.2, -0.15) is 0 Å². The van der Waals surface area contributed by atoms with Gasteiger partial charge in [-0.3, -0.25) is 9.97 Å². The summed E-state index contributed by atoms with van der Waals surface area (Å²) in [7, 11) is 0. The van der Waals surface area contributed by atoms with Crippen LogP contribution in [-0.4, -0.2) is 19.9 Å². The number of alkyl halides is 1. The minimum atomic E-state index is -0.0912. The largest absolute Gasteiger partial charge is 0.253 e. The molecule has 1 unspecified atom stereocenters. The average molecular weight is 285 g/mol. The molecule has 2 aromatic heterocycles. The molecule has 0 amide bonds. The minimum Gasteiger partial charge on any atom is -0.253 e. The number of aryl methyl sites for hydroxylation is 1. The number of hydrogen-bond acceptors (Lipinski definition) is 4. The molecular formula is C15H13ClN4. The van der Waals surface area contributed by atoms with Gasteiger partial charge in [-0.1, -0.05) is 0 Å². The summed E-state index contributed by atoms with van der Waals surface area (Å²) in [6, 6.07) is 5.82. The maximum Gasteiger partial charge on any atom is 0.159 e. The molecule has 1 aromatic carbocycles. The summed E-state index contributed by atoms with van der Waals surface area (Å²) >= 11 is 6.09. The summed E-state index contributed by atoms with van der Waals surface area (Å²) in [5.41, 5.74) is 4.47. The molecule has 0 aliphatic carbocycles. The second kappa shape index (κ2) is 5.13. The lowest BCUT2D eigenvalue weighted by Crippen LogP contribution is -1.98. The Bertz CT molecular complexity index is 771. The smallest absolute Gasteiger partial charge is 0.159 e. The number of hydrogen-bond donors (Lipinski definition) is 0. The van der Waals surface area contributed by atoms with Gasteiger partial charge in [-0.25, -0.2) is 9.97 Å². The molecule has 0 fully saturated rings. The Hall–Kier alpha value is -2.07. The van der Waals surface area contributed by atoms with Crippen molar-refractivity contribution in [1.29, 1.82) is 0 Å². The van der Waals surface area contributed by atoms with Crippen molar-refractivity contribution in [3.63, 3.8) is 0 Å². The maximum atomic E-state index is 6.09. The van der Waals surface area contributed by atoms with E-state index < -0.39 is 0 Å². The van der Waals surface area contributed by atoms with E-state index in [1.54, 1.807) is 18.6 Å². The Morgan fingerprint density at radius 2 is 1.80 bits per heavy atom. The summed E-state index contributed by atoms with van der Waals surface area (Å²) in [6.45, 7) is 3.86. The van der Waals surface area contributed by atoms with Gasteiger partial charge in [0.2, 0.25) is 0 Å². The number of benzene rings is 1. The van der Waals surface area contributed by atoms with Gasteiger partial charge in [0.1, 0.15) is 0 Å². The Morgan fingerprint density at radius 1 is 1.05 bits per heavy atom. The second-order valence-electron chi connectivity index (χ2n) is 4.61. The van der Waals surface area contributed by atoms with Gasteiger partial charge in [-0.15, -0.1) is 11.6 Å². The normalized spacial score (nSPS) is 12.6. The van der Waals surface area contributed by atoms with Gasteiger partial charge < -0.3 is 0 Å². The predicted octanol–water partition coefficient (Wildman–Crippen LogP) is 3.70. The van der Waals surface area contributed by atoms with Crippen LogP contribution >= 0.6 is 11.6 Å². The molecule has 0 saturated carbocycles. The van der Waals surface area contributed by atoms with Crippen molar-refractivity contribution in [3.8, 4) is 11.4 Å². The molecule has 5 heteroatoms. The highest BCUT2D eigenvalue weighted by molar-refractivity contribution is 6.20. The number of rotatable bonds is 2. The molecule has 0 spiro atoms. The summed E-state index contributed by atoms with van der Waals surface area (Å²) < 4.78 is 0. The number of fused-ring (bicyclic) bond motifs is 1. The fourth-order valence-electron chi connectivity index (χ4n) is 2.11. The third-order valence-electron chi connectivity index (χ3n) is 3.17. The highest BCUT2D eigenvalue weighted by atomic mass is 35.5. The molecule has 0 bridgehead atoms. The van der Waals surface area contributed by atoms with E-state index >= 15 is 0 Å². The van der Waals surface area contributed by atoms with Crippen LogP contribution in [0.4, 0.5) is 0 Å². The first kappa shape index (κ1) is 12.9. The molecule has 20 heavy (non-hydrogen) atoms. The Morgan fingerprint density at radius 3 is 2.50 bits per heavy atom. The Labute approximate surface area is 121 Å². The molecule has 0 radical (unpaired) electrons. The van der Waals surface area contributed by atoms with E-state index in [9.17, 15) is 0 Å². The average Bonchev–Trinajstić information content (AvgIpc) is 2.46. The molecular weight excluding hydrogens is 272 g/mol. The molecule has 1 atom stereocenters. The first-order valence-corrected chi connectivity index (χ1v) is 6.77. The zero-order valence-corrected chi connectivity index (χ0v) is 12.0. The minimum absolute atomic E-state index is 0.0912. The Balaban J connectivity index is 2.08. The van der Waals surface area contributed by atoms with Crippen molar-refractivity contribution in [1.82, 2.24) is 19.9 Å². The van der Waals surface area contributed by atoms with Gasteiger partial charge in [-0.05, 0) is 32.0 Å². The van der Waals surface area contributed by atoms with Crippen molar-refractivity contribution >= 4 is 22.6 Å². The standard InChI is InChI=1S/C15H13ClN4/c1-9(16)12-8-19-15(20-10(12)2)11-3-4-13-14(7-11)18-6-5-17-13/h3-9H,1-2H3. The summed E-state index contributed by atoms with van der Waals surface area (Å²) in [5.74, 6) is 0.677. The van der Waals surface area contributed by atoms with Crippen LogP contribution in [0.5, 0.6) is 0 Å². The fraction of sp³-hybridized carbons (Fsp3) is 0.200. The van der Waals surface area contributed by atoms with Crippen LogP contribution in [0.3, 0.4) is 0 Å². The van der Waals surface area contributed by atoms with E-state index in [-0.39, 0.29) is 5.38 Å².